The summed E-state index contributed by atoms with van der Waals surface area (Å²) in [5, 5.41) is 0. The molecular weight excluding hydrogens is 366 g/mol. The van der Waals surface area contributed by atoms with E-state index in [-0.39, 0.29) is 5.78 Å². The van der Waals surface area contributed by atoms with Crippen LogP contribution in [0, 0.1) is 12.3 Å². The zero-order valence-electron chi connectivity index (χ0n) is 18.2. The maximum atomic E-state index is 13.5. The molecule has 0 bridgehead atoms. The lowest BCUT2D eigenvalue weighted by Crippen LogP contribution is -2.07. The molecule has 2 nitrogen and oxygen atoms in total. The van der Waals surface area contributed by atoms with E-state index in [9.17, 15) is 4.79 Å². The Hall–Kier alpha value is -3.05. The van der Waals surface area contributed by atoms with Crippen LogP contribution in [-0.4, -0.2) is 10.4 Å². The standard InChI is InChI=1S/C28H31NO/c1-4-6-7-13-19-29-21-24(20-27(29)23-16-9-8-10-17-23)28(30)26(14-5-2)25-18-12-11-15-22(25)3/h2,8-10,12,14,16-18,20-21H,4,6-7,11,13,15,19H2,1,3H3/b26-14+. The Balaban J connectivity index is 1.97. The molecule has 0 N–H and O–H groups in total. The van der Waals surface area contributed by atoms with Crippen molar-refractivity contribution in [2.75, 3.05) is 0 Å². The number of hydrogen-bond donors (Lipinski definition) is 0. The first-order valence-electron chi connectivity index (χ1n) is 11.0. The van der Waals surface area contributed by atoms with Crippen LogP contribution >= 0.6 is 0 Å². The van der Waals surface area contributed by atoms with Crippen LogP contribution in [0.3, 0.4) is 0 Å². The van der Waals surface area contributed by atoms with Gasteiger partial charge >= 0.3 is 0 Å². The molecule has 1 aliphatic rings. The van der Waals surface area contributed by atoms with E-state index in [1.807, 2.05) is 36.5 Å². The number of allylic oxidation sites excluding steroid dienone is 6. The average Bonchev–Trinajstić information content (AvgIpc) is 3.20. The van der Waals surface area contributed by atoms with Gasteiger partial charge in [-0.2, -0.15) is 0 Å². The van der Waals surface area contributed by atoms with E-state index in [1.54, 1.807) is 6.08 Å². The van der Waals surface area contributed by atoms with Gasteiger partial charge in [0.05, 0.1) is 0 Å². The van der Waals surface area contributed by atoms with E-state index in [0.717, 1.165) is 42.6 Å². The molecule has 1 aromatic heterocycles. The van der Waals surface area contributed by atoms with Crippen molar-refractivity contribution in [3.8, 4) is 23.6 Å². The van der Waals surface area contributed by atoms with Crippen LogP contribution in [0.5, 0.6) is 0 Å². The molecule has 1 aromatic carbocycles. The third-order valence-electron chi connectivity index (χ3n) is 5.67. The minimum Gasteiger partial charge on any atom is -0.347 e. The fourth-order valence-corrected chi connectivity index (χ4v) is 3.98. The second-order valence-corrected chi connectivity index (χ2v) is 7.92. The van der Waals surface area contributed by atoms with E-state index in [1.165, 1.54) is 24.8 Å². The second kappa shape index (κ2) is 10.6. The van der Waals surface area contributed by atoms with Crippen molar-refractivity contribution in [1.29, 1.82) is 0 Å². The highest BCUT2D eigenvalue weighted by molar-refractivity contribution is 6.13. The summed E-state index contributed by atoms with van der Waals surface area (Å²) in [5.41, 5.74) is 5.72. The van der Waals surface area contributed by atoms with E-state index in [2.05, 4.69) is 42.5 Å². The molecule has 0 atom stereocenters. The van der Waals surface area contributed by atoms with Crippen LogP contribution in [-0.2, 0) is 6.54 Å². The summed E-state index contributed by atoms with van der Waals surface area (Å²) in [4.78, 5) is 13.5. The summed E-state index contributed by atoms with van der Waals surface area (Å²) in [6.07, 6.45) is 20.1. The first kappa shape index (κ1) is 21.7. The number of terminal acetylenes is 1. The van der Waals surface area contributed by atoms with Gasteiger partial charge in [-0.3, -0.25) is 4.79 Å². The fourth-order valence-electron chi connectivity index (χ4n) is 3.98. The maximum absolute atomic E-state index is 13.5. The van der Waals surface area contributed by atoms with Gasteiger partial charge in [0.1, 0.15) is 0 Å². The smallest absolute Gasteiger partial charge is 0.195 e. The number of hydrogen-bond acceptors (Lipinski definition) is 1. The molecule has 0 radical (unpaired) electrons. The largest absolute Gasteiger partial charge is 0.347 e. The highest BCUT2D eigenvalue weighted by atomic mass is 16.1. The molecule has 0 amide bonds. The Morgan fingerprint density at radius 1 is 1.20 bits per heavy atom. The number of carbonyl (C=O) groups is 1. The Morgan fingerprint density at radius 2 is 2.00 bits per heavy atom. The van der Waals surface area contributed by atoms with E-state index < -0.39 is 0 Å². The van der Waals surface area contributed by atoms with Crippen molar-refractivity contribution in [2.45, 2.75) is 58.9 Å². The molecule has 0 aliphatic heterocycles. The summed E-state index contributed by atoms with van der Waals surface area (Å²) < 4.78 is 2.23. The van der Waals surface area contributed by atoms with Crippen LogP contribution < -0.4 is 0 Å². The number of nitrogens with zero attached hydrogens (tertiary/aromatic N) is 1. The van der Waals surface area contributed by atoms with Crippen LogP contribution in [0.25, 0.3) is 11.3 Å². The molecule has 2 heteroatoms. The number of carbonyl (C=O) groups excluding carboxylic acids is 1. The molecule has 3 rings (SSSR count). The summed E-state index contributed by atoms with van der Waals surface area (Å²) >= 11 is 0. The lowest BCUT2D eigenvalue weighted by molar-refractivity contribution is 0.103. The van der Waals surface area contributed by atoms with Crippen LogP contribution in [0.4, 0.5) is 0 Å². The summed E-state index contributed by atoms with van der Waals surface area (Å²) in [7, 11) is 0. The molecule has 1 heterocycles. The first-order valence-corrected chi connectivity index (χ1v) is 11.0. The average molecular weight is 398 g/mol. The van der Waals surface area contributed by atoms with E-state index in [4.69, 9.17) is 6.42 Å². The monoisotopic (exact) mass is 397 g/mol. The van der Waals surface area contributed by atoms with Crippen LogP contribution in [0.1, 0.15) is 62.7 Å². The quantitative estimate of drug-likeness (QED) is 0.191. The van der Waals surface area contributed by atoms with Gasteiger partial charge in [0, 0.05) is 29.6 Å². The molecule has 154 valence electrons. The Bertz CT molecular complexity index is 1010. The van der Waals surface area contributed by atoms with E-state index >= 15 is 0 Å². The lowest BCUT2D eigenvalue weighted by Gasteiger charge is -2.14. The molecule has 0 unspecified atom stereocenters. The Morgan fingerprint density at radius 3 is 2.70 bits per heavy atom. The third kappa shape index (κ3) is 5.10. The van der Waals surface area contributed by atoms with Crippen molar-refractivity contribution in [3.05, 3.63) is 83.1 Å². The normalized spacial score (nSPS) is 14.1. The fraction of sp³-hybridized carbons (Fsp3) is 0.321. The zero-order valence-corrected chi connectivity index (χ0v) is 18.2. The second-order valence-electron chi connectivity index (χ2n) is 7.92. The zero-order chi connectivity index (χ0) is 21.3. The first-order chi connectivity index (χ1) is 14.7. The van der Waals surface area contributed by atoms with Crippen molar-refractivity contribution < 1.29 is 4.79 Å². The van der Waals surface area contributed by atoms with Crippen molar-refractivity contribution >= 4 is 5.78 Å². The summed E-state index contributed by atoms with van der Waals surface area (Å²) in [5.74, 6) is 2.58. The van der Waals surface area contributed by atoms with Crippen LogP contribution in [0.2, 0.25) is 0 Å². The number of ketones is 1. The molecular formula is C28H31NO. The highest BCUT2D eigenvalue weighted by Gasteiger charge is 2.21. The number of benzene rings is 1. The highest BCUT2D eigenvalue weighted by Crippen LogP contribution is 2.29. The molecule has 0 fully saturated rings. The minimum absolute atomic E-state index is 0.00154. The predicted molar refractivity (Wildman–Crippen MR) is 126 cm³/mol. The van der Waals surface area contributed by atoms with Gasteiger partial charge in [-0.05, 0) is 49.5 Å². The molecule has 0 saturated heterocycles. The molecule has 2 aromatic rings. The van der Waals surface area contributed by atoms with Gasteiger partial charge in [-0.25, -0.2) is 0 Å². The maximum Gasteiger partial charge on any atom is 0.195 e. The summed E-state index contributed by atoms with van der Waals surface area (Å²) in [6, 6.07) is 12.3. The predicted octanol–water partition coefficient (Wildman–Crippen LogP) is 7.14. The molecule has 1 aliphatic carbocycles. The SMILES string of the molecule is C#C/C=C(/C(=O)c1cc(-c2ccccc2)n(CCCCCC)c1)C1=C(C)CCC=C1. The number of unbranched alkanes of at least 4 members (excludes halogenated alkanes) is 3. The third-order valence-corrected chi connectivity index (χ3v) is 5.67. The molecule has 0 spiro atoms. The summed E-state index contributed by atoms with van der Waals surface area (Å²) in [6.45, 7) is 5.22. The Labute approximate surface area is 181 Å². The van der Waals surface area contributed by atoms with Crippen molar-refractivity contribution in [3.63, 3.8) is 0 Å². The minimum atomic E-state index is -0.00154. The number of aromatic nitrogens is 1. The molecule has 30 heavy (non-hydrogen) atoms. The van der Waals surface area contributed by atoms with Gasteiger partial charge in [-0.1, -0.05) is 80.2 Å². The van der Waals surface area contributed by atoms with Gasteiger partial charge in [0.15, 0.2) is 5.78 Å². The van der Waals surface area contributed by atoms with E-state index in [0.29, 0.717) is 11.1 Å². The van der Waals surface area contributed by atoms with Crippen molar-refractivity contribution in [2.24, 2.45) is 0 Å². The number of aryl methyl sites for hydroxylation is 1. The van der Waals surface area contributed by atoms with Gasteiger partial charge in [-0.15, -0.1) is 6.42 Å². The topological polar surface area (TPSA) is 22.0 Å². The van der Waals surface area contributed by atoms with Crippen LogP contribution in [0.15, 0.2) is 77.5 Å². The number of Topliss-reactive ketones (excluding diaryl/α,β-unsaturated/α-hetero) is 1. The van der Waals surface area contributed by atoms with Crippen molar-refractivity contribution in [1.82, 2.24) is 4.57 Å². The van der Waals surface area contributed by atoms with Gasteiger partial charge in [0.25, 0.3) is 0 Å². The van der Waals surface area contributed by atoms with Gasteiger partial charge in [0.2, 0.25) is 0 Å². The molecule has 0 saturated carbocycles. The lowest BCUT2D eigenvalue weighted by atomic mass is 9.89. The van der Waals surface area contributed by atoms with Gasteiger partial charge < -0.3 is 4.57 Å². The Kier molecular flexibility index (Phi) is 7.69. The number of rotatable bonds is 9.